The number of rotatable bonds is 7. The van der Waals surface area contributed by atoms with E-state index in [9.17, 15) is 32.3 Å². The van der Waals surface area contributed by atoms with E-state index in [2.05, 4.69) is 5.32 Å². The van der Waals surface area contributed by atoms with Crippen LogP contribution in [0.5, 0.6) is 0 Å². The lowest BCUT2D eigenvalue weighted by atomic mass is 9.94. The van der Waals surface area contributed by atoms with Gasteiger partial charge in [0.2, 0.25) is 5.91 Å². The highest BCUT2D eigenvalue weighted by Crippen LogP contribution is 2.37. The van der Waals surface area contributed by atoms with E-state index in [-0.39, 0.29) is 11.1 Å². The number of carbonyl (C=O) groups is 2. The third kappa shape index (κ3) is 5.80. The topological polar surface area (TPSA) is 66.4 Å². The van der Waals surface area contributed by atoms with Gasteiger partial charge < -0.3 is 10.4 Å². The number of carbonyl (C=O) groups excluding carboxylic acids is 1. The van der Waals surface area contributed by atoms with Gasteiger partial charge in [-0.2, -0.15) is 13.2 Å². The van der Waals surface area contributed by atoms with Crippen LogP contribution in [0.15, 0.2) is 54.6 Å². The Kier molecular flexibility index (Phi) is 6.55. The van der Waals surface area contributed by atoms with Crippen molar-refractivity contribution in [3.8, 4) is 0 Å². The molecule has 8 heteroatoms. The van der Waals surface area contributed by atoms with E-state index in [1.54, 1.807) is 6.07 Å². The molecular weight excluding hydrogens is 366 g/mol. The number of hydrogen-bond donors (Lipinski definition) is 2. The monoisotopic (exact) mass is 383 g/mol. The van der Waals surface area contributed by atoms with Gasteiger partial charge in [-0.05, 0) is 23.3 Å². The predicted molar refractivity (Wildman–Crippen MR) is 89.6 cm³/mol. The molecule has 0 aromatic heterocycles. The molecule has 2 aromatic carbocycles. The number of nitrogens with one attached hydrogen (secondary N) is 1. The quantitative estimate of drug-likeness (QED) is 0.714. The molecule has 2 atom stereocenters. The van der Waals surface area contributed by atoms with Gasteiger partial charge in [-0.1, -0.05) is 42.5 Å². The molecule has 2 aromatic rings. The Morgan fingerprint density at radius 1 is 0.963 bits per heavy atom. The number of benzene rings is 2. The summed E-state index contributed by atoms with van der Waals surface area (Å²) >= 11 is 0. The summed E-state index contributed by atoms with van der Waals surface area (Å²) in [5.74, 6) is -5.95. The summed E-state index contributed by atoms with van der Waals surface area (Å²) in [6.45, 7) is -0.404. The molecule has 0 aliphatic heterocycles. The van der Waals surface area contributed by atoms with Crippen LogP contribution in [0.25, 0.3) is 0 Å². The van der Waals surface area contributed by atoms with E-state index in [1.165, 1.54) is 36.4 Å². The molecule has 4 nitrogen and oxygen atoms in total. The summed E-state index contributed by atoms with van der Waals surface area (Å²) in [5, 5.41) is 11.5. The number of hydrogen-bond acceptors (Lipinski definition) is 2. The number of aliphatic carboxylic acids is 1. The first-order valence-corrected chi connectivity index (χ1v) is 8.05. The van der Waals surface area contributed by atoms with Gasteiger partial charge in [0.25, 0.3) is 0 Å². The summed E-state index contributed by atoms with van der Waals surface area (Å²) in [5.41, 5.74) is 0.188. The van der Waals surface area contributed by atoms with Crippen molar-refractivity contribution < 1.29 is 32.3 Å². The Hall–Kier alpha value is -2.90. The first kappa shape index (κ1) is 20.4. The number of carboxylic acid groups (broad SMARTS) is 1. The highest BCUT2D eigenvalue weighted by atomic mass is 19.4. The summed E-state index contributed by atoms with van der Waals surface area (Å²) in [7, 11) is 0. The van der Waals surface area contributed by atoms with Crippen LogP contribution < -0.4 is 5.32 Å². The van der Waals surface area contributed by atoms with Crippen LogP contribution in [0.4, 0.5) is 17.6 Å². The fourth-order valence-electron chi connectivity index (χ4n) is 2.62. The third-order valence-corrected chi connectivity index (χ3v) is 4.06. The van der Waals surface area contributed by atoms with Crippen LogP contribution in [0.3, 0.4) is 0 Å². The molecule has 0 saturated heterocycles. The van der Waals surface area contributed by atoms with Gasteiger partial charge in [-0.25, -0.2) is 4.39 Å². The van der Waals surface area contributed by atoms with Crippen LogP contribution in [-0.4, -0.2) is 29.7 Å². The van der Waals surface area contributed by atoms with E-state index in [0.29, 0.717) is 0 Å². The molecule has 27 heavy (non-hydrogen) atoms. The summed E-state index contributed by atoms with van der Waals surface area (Å²) < 4.78 is 52.8. The summed E-state index contributed by atoms with van der Waals surface area (Å²) in [6, 6.07) is 11.7. The highest BCUT2D eigenvalue weighted by Gasteiger charge is 2.41. The van der Waals surface area contributed by atoms with Crippen molar-refractivity contribution in [2.75, 3.05) is 6.54 Å². The fourth-order valence-corrected chi connectivity index (χ4v) is 2.62. The van der Waals surface area contributed by atoms with Crippen molar-refractivity contribution in [2.45, 2.75) is 24.4 Å². The van der Waals surface area contributed by atoms with Crippen molar-refractivity contribution in [3.05, 3.63) is 71.5 Å². The van der Waals surface area contributed by atoms with Crippen molar-refractivity contribution in [1.82, 2.24) is 5.32 Å². The second-order valence-electron chi connectivity index (χ2n) is 5.96. The van der Waals surface area contributed by atoms with Gasteiger partial charge >= 0.3 is 12.1 Å². The lowest BCUT2D eigenvalue weighted by molar-refractivity contribution is -0.157. The van der Waals surface area contributed by atoms with Crippen LogP contribution in [-0.2, 0) is 9.59 Å². The molecule has 2 rings (SSSR count). The van der Waals surface area contributed by atoms with Gasteiger partial charge in [0.1, 0.15) is 5.82 Å². The van der Waals surface area contributed by atoms with Crippen molar-refractivity contribution >= 4 is 11.9 Å². The molecule has 144 valence electrons. The lowest BCUT2D eigenvalue weighted by Gasteiger charge is -2.21. The first-order chi connectivity index (χ1) is 12.7. The minimum atomic E-state index is -4.62. The third-order valence-electron chi connectivity index (χ3n) is 4.06. The molecule has 0 aliphatic rings. The van der Waals surface area contributed by atoms with E-state index < -0.39 is 48.7 Å². The molecule has 0 saturated carbocycles. The second-order valence-corrected chi connectivity index (χ2v) is 5.96. The SMILES string of the molecule is O=C(CC(c1ccccc1)C(F)(F)F)NCC(C(=O)O)c1ccc(F)cc1. The van der Waals surface area contributed by atoms with Gasteiger partial charge in [-0.3, -0.25) is 9.59 Å². The molecule has 2 unspecified atom stereocenters. The van der Waals surface area contributed by atoms with Gasteiger partial charge in [0, 0.05) is 13.0 Å². The van der Waals surface area contributed by atoms with Gasteiger partial charge in [0.05, 0.1) is 11.8 Å². The van der Waals surface area contributed by atoms with Crippen molar-refractivity contribution in [2.24, 2.45) is 0 Å². The largest absolute Gasteiger partial charge is 0.481 e. The summed E-state index contributed by atoms with van der Waals surface area (Å²) in [6.07, 6.45) is -5.48. The van der Waals surface area contributed by atoms with Gasteiger partial charge in [-0.15, -0.1) is 0 Å². The zero-order valence-corrected chi connectivity index (χ0v) is 14.0. The number of amides is 1. The minimum Gasteiger partial charge on any atom is -0.481 e. The molecule has 0 fully saturated rings. The lowest BCUT2D eigenvalue weighted by Crippen LogP contribution is -2.34. The Bertz CT molecular complexity index is 776. The Morgan fingerprint density at radius 3 is 2.07 bits per heavy atom. The van der Waals surface area contributed by atoms with E-state index in [1.807, 2.05) is 0 Å². The maximum Gasteiger partial charge on any atom is 0.396 e. The van der Waals surface area contributed by atoms with Crippen LogP contribution in [0, 0.1) is 5.82 Å². The average Bonchev–Trinajstić information content (AvgIpc) is 2.61. The predicted octanol–water partition coefficient (Wildman–Crippen LogP) is 3.85. The Labute approximate surface area is 152 Å². The zero-order valence-electron chi connectivity index (χ0n) is 14.0. The smallest absolute Gasteiger partial charge is 0.396 e. The van der Waals surface area contributed by atoms with E-state index in [4.69, 9.17) is 0 Å². The molecular formula is C19H17F4NO3. The standard InChI is InChI=1S/C19H17F4NO3/c20-14-8-6-12(7-9-14)15(18(26)27)11-24-17(25)10-16(19(21,22)23)13-4-2-1-3-5-13/h1-9,15-16H,10-11H2,(H,24,25)(H,26,27). The van der Waals surface area contributed by atoms with E-state index in [0.717, 1.165) is 12.1 Å². The molecule has 0 heterocycles. The van der Waals surface area contributed by atoms with Crippen LogP contribution >= 0.6 is 0 Å². The zero-order chi connectivity index (χ0) is 20.0. The molecule has 2 N–H and O–H groups in total. The molecule has 0 radical (unpaired) electrons. The molecule has 0 spiro atoms. The normalized spacial score (nSPS) is 13.6. The van der Waals surface area contributed by atoms with Crippen molar-refractivity contribution in [3.63, 3.8) is 0 Å². The molecule has 0 bridgehead atoms. The first-order valence-electron chi connectivity index (χ1n) is 8.05. The summed E-state index contributed by atoms with van der Waals surface area (Å²) in [4.78, 5) is 23.4. The highest BCUT2D eigenvalue weighted by molar-refractivity contribution is 5.80. The number of halogens is 4. The van der Waals surface area contributed by atoms with Crippen molar-refractivity contribution in [1.29, 1.82) is 0 Å². The average molecular weight is 383 g/mol. The van der Waals surface area contributed by atoms with Crippen LogP contribution in [0.2, 0.25) is 0 Å². The van der Waals surface area contributed by atoms with E-state index >= 15 is 0 Å². The number of alkyl halides is 3. The Morgan fingerprint density at radius 2 is 1.56 bits per heavy atom. The minimum absolute atomic E-state index is 0.0477. The second kappa shape index (κ2) is 8.66. The van der Waals surface area contributed by atoms with Gasteiger partial charge in [0.15, 0.2) is 0 Å². The fraction of sp³-hybridized carbons (Fsp3) is 0.263. The maximum atomic E-state index is 13.3. The molecule has 0 aliphatic carbocycles. The Balaban J connectivity index is 2.06. The molecule has 1 amide bonds. The van der Waals surface area contributed by atoms with Crippen LogP contribution in [0.1, 0.15) is 29.4 Å². The number of carboxylic acids is 1. The maximum absolute atomic E-state index is 13.3.